The van der Waals surface area contributed by atoms with E-state index in [1.165, 1.54) is 24.3 Å². The number of aromatic nitrogens is 3. The minimum Gasteiger partial charge on any atom is -0.478 e. The normalized spacial score (nSPS) is 12.3. The summed E-state index contributed by atoms with van der Waals surface area (Å²) in [5.41, 5.74) is 0.523. The fourth-order valence-corrected chi connectivity index (χ4v) is 2.03. The molecule has 0 amide bonds. The maximum Gasteiger partial charge on any atom is 0.335 e. The average molecular weight is 436 g/mol. The smallest absolute Gasteiger partial charge is 0.335 e. The van der Waals surface area contributed by atoms with Crippen LogP contribution in [0.4, 0.5) is 0 Å². The maximum atomic E-state index is 10.9. The molecule has 0 radical (unpaired) electrons. The van der Waals surface area contributed by atoms with Gasteiger partial charge in [-0.05, 0) is 12.1 Å². The number of hydrogen-bond donors (Lipinski definition) is 1. The Hall–Kier alpha value is -0.560. The number of alkyl halides is 6. The molecule has 0 saturated carbocycles. The highest BCUT2D eigenvalue weighted by Gasteiger charge is 2.34. The topological polar surface area (TPSA) is 76.0 Å². The van der Waals surface area contributed by atoms with Gasteiger partial charge in [-0.15, -0.1) is 0 Å². The van der Waals surface area contributed by atoms with E-state index >= 15 is 0 Å². The first kappa shape index (κ1) is 18.8. The quantitative estimate of drug-likeness (QED) is 0.679. The van der Waals surface area contributed by atoms with Crippen LogP contribution in [0.25, 0.3) is 11.4 Å². The second-order valence-corrected chi connectivity index (χ2v) is 8.75. The van der Waals surface area contributed by atoms with Crippen LogP contribution in [0.15, 0.2) is 24.3 Å². The average Bonchev–Trinajstić information content (AvgIpc) is 2.45. The van der Waals surface area contributed by atoms with Gasteiger partial charge in [0.25, 0.3) is 0 Å². The molecule has 1 N–H and O–H groups in total. The van der Waals surface area contributed by atoms with E-state index in [0.717, 1.165) is 0 Å². The molecule has 1 aromatic heterocycles. The minimum atomic E-state index is -1.95. The van der Waals surface area contributed by atoms with E-state index in [1.807, 2.05) is 0 Å². The Labute approximate surface area is 160 Å². The second kappa shape index (κ2) is 6.75. The molecular formula is C12H5Cl6N3O2. The summed E-state index contributed by atoms with van der Waals surface area (Å²) in [6.07, 6.45) is 0. The Morgan fingerprint density at radius 1 is 0.826 bits per heavy atom. The van der Waals surface area contributed by atoms with Gasteiger partial charge in [-0.1, -0.05) is 81.7 Å². The number of carboxylic acids is 1. The van der Waals surface area contributed by atoms with Crippen molar-refractivity contribution in [1.82, 2.24) is 15.0 Å². The van der Waals surface area contributed by atoms with Crippen LogP contribution in [0.1, 0.15) is 22.0 Å². The number of aromatic carboxylic acids is 1. The first-order chi connectivity index (χ1) is 10.5. The molecule has 0 saturated heterocycles. The summed E-state index contributed by atoms with van der Waals surface area (Å²) in [4.78, 5) is 22.8. The lowest BCUT2D eigenvalue weighted by atomic mass is 10.1. The Kier molecular flexibility index (Phi) is 5.51. The molecule has 2 rings (SSSR count). The molecule has 0 aliphatic carbocycles. The zero-order valence-corrected chi connectivity index (χ0v) is 15.3. The Balaban J connectivity index is 2.59. The van der Waals surface area contributed by atoms with Crippen molar-refractivity contribution in [3.05, 3.63) is 41.5 Å². The standard InChI is InChI=1S/C12H5Cl6N3O2/c13-11(14,15)9-19-7(20-10(21-9)12(16,17)18)5-1-3-6(4-2-5)8(22)23/h1-4H,(H,22,23). The fourth-order valence-electron chi connectivity index (χ4n) is 1.52. The van der Waals surface area contributed by atoms with Crippen molar-refractivity contribution in [2.75, 3.05) is 0 Å². The molecule has 0 aliphatic rings. The van der Waals surface area contributed by atoms with E-state index in [2.05, 4.69) is 15.0 Å². The molecule has 5 nitrogen and oxygen atoms in total. The van der Waals surface area contributed by atoms with Gasteiger partial charge in [-0.2, -0.15) is 0 Å². The van der Waals surface area contributed by atoms with Crippen LogP contribution in [-0.2, 0) is 7.59 Å². The number of carbonyl (C=O) groups is 1. The monoisotopic (exact) mass is 433 g/mol. The van der Waals surface area contributed by atoms with E-state index in [4.69, 9.17) is 74.7 Å². The highest BCUT2D eigenvalue weighted by molar-refractivity contribution is 6.67. The molecule has 0 unspecified atom stereocenters. The maximum absolute atomic E-state index is 10.9. The third-order valence-electron chi connectivity index (χ3n) is 2.53. The molecule has 2 aromatic rings. The predicted molar refractivity (Wildman–Crippen MR) is 90.7 cm³/mol. The van der Waals surface area contributed by atoms with Crippen molar-refractivity contribution in [1.29, 1.82) is 0 Å². The van der Waals surface area contributed by atoms with Crippen molar-refractivity contribution in [2.24, 2.45) is 0 Å². The summed E-state index contributed by atoms with van der Waals surface area (Å²) in [7, 11) is 0. The largest absolute Gasteiger partial charge is 0.478 e. The van der Waals surface area contributed by atoms with Crippen LogP contribution in [0.3, 0.4) is 0 Å². The number of halogens is 6. The van der Waals surface area contributed by atoms with Gasteiger partial charge in [0.2, 0.25) is 7.59 Å². The van der Waals surface area contributed by atoms with E-state index in [1.54, 1.807) is 0 Å². The summed E-state index contributed by atoms with van der Waals surface area (Å²) < 4.78 is -3.91. The van der Waals surface area contributed by atoms with E-state index < -0.39 is 13.6 Å². The Morgan fingerprint density at radius 3 is 1.61 bits per heavy atom. The highest BCUT2D eigenvalue weighted by atomic mass is 35.6. The van der Waals surface area contributed by atoms with Crippen molar-refractivity contribution in [3.63, 3.8) is 0 Å². The van der Waals surface area contributed by atoms with Crippen molar-refractivity contribution < 1.29 is 9.90 Å². The summed E-state index contributed by atoms with van der Waals surface area (Å²) in [6, 6.07) is 5.68. The van der Waals surface area contributed by atoms with E-state index in [-0.39, 0.29) is 23.0 Å². The fraction of sp³-hybridized carbons (Fsp3) is 0.167. The molecule has 1 aromatic carbocycles. The van der Waals surface area contributed by atoms with E-state index in [0.29, 0.717) is 5.56 Å². The van der Waals surface area contributed by atoms with E-state index in [9.17, 15) is 4.79 Å². The SMILES string of the molecule is O=C(O)c1ccc(-c2nc(C(Cl)(Cl)Cl)nc(C(Cl)(Cl)Cl)n2)cc1. The number of benzene rings is 1. The molecule has 1 heterocycles. The Morgan fingerprint density at radius 2 is 1.26 bits per heavy atom. The third-order valence-corrected chi connectivity index (χ3v) is 3.55. The lowest BCUT2D eigenvalue weighted by molar-refractivity contribution is 0.0697. The second-order valence-electron chi connectivity index (χ2n) is 4.18. The van der Waals surface area contributed by atoms with Crippen LogP contribution in [0.5, 0.6) is 0 Å². The first-order valence-electron chi connectivity index (χ1n) is 5.72. The van der Waals surface area contributed by atoms with Gasteiger partial charge in [0.1, 0.15) is 0 Å². The molecule has 0 bridgehead atoms. The Bertz CT molecular complexity index is 708. The number of nitrogens with zero attached hydrogens (tertiary/aromatic N) is 3. The van der Waals surface area contributed by atoms with Crippen molar-refractivity contribution in [3.8, 4) is 11.4 Å². The number of rotatable bonds is 2. The van der Waals surface area contributed by atoms with Crippen LogP contribution < -0.4 is 0 Å². The number of carboxylic acid groups (broad SMARTS) is 1. The molecule has 0 spiro atoms. The van der Waals surface area contributed by atoms with Gasteiger partial charge in [-0.25, -0.2) is 19.7 Å². The third kappa shape index (κ3) is 4.72. The van der Waals surface area contributed by atoms with Gasteiger partial charge >= 0.3 is 5.97 Å². The molecule has 0 atom stereocenters. The van der Waals surface area contributed by atoms with Gasteiger partial charge in [0.15, 0.2) is 17.5 Å². The summed E-state index contributed by atoms with van der Waals surface area (Å²) in [5.74, 6) is -1.46. The molecule has 122 valence electrons. The van der Waals surface area contributed by atoms with Crippen LogP contribution in [-0.4, -0.2) is 26.0 Å². The lowest BCUT2D eigenvalue weighted by Crippen LogP contribution is -2.16. The molecule has 11 heteroatoms. The van der Waals surface area contributed by atoms with Gasteiger partial charge in [0.05, 0.1) is 5.56 Å². The van der Waals surface area contributed by atoms with Crippen molar-refractivity contribution >= 4 is 75.6 Å². The predicted octanol–water partition coefficient (Wildman–Crippen LogP) is 4.89. The van der Waals surface area contributed by atoms with Crippen LogP contribution in [0, 0.1) is 0 Å². The summed E-state index contributed by atoms with van der Waals surface area (Å²) in [6.45, 7) is 0. The van der Waals surface area contributed by atoms with Gasteiger partial charge in [-0.3, -0.25) is 0 Å². The zero-order valence-electron chi connectivity index (χ0n) is 10.8. The van der Waals surface area contributed by atoms with Crippen LogP contribution >= 0.6 is 69.6 Å². The number of hydrogen-bond acceptors (Lipinski definition) is 4. The summed E-state index contributed by atoms with van der Waals surface area (Å²) in [5, 5.41) is 8.90. The molecule has 23 heavy (non-hydrogen) atoms. The first-order valence-corrected chi connectivity index (χ1v) is 7.99. The van der Waals surface area contributed by atoms with Gasteiger partial charge < -0.3 is 5.11 Å². The molecule has 0 aliphatic heterocycles. The summed E-state index contributed by atoms with van der Waals surface area (Å²) >= 11 is 34.7. The zero-order chi connectivity index (χ0) is 17.4. The molecular weight excluding hydrogens is 431 g/mol. The van der Waals surface area contributed by atoms with Crippen LogP contribution in [0.2, 0.25) is 0 Å². The van der Waals surface area contributed by atoms with Crippen molar-refractivity contribution in [2.45, 2.75) is 7.59 Å². The highest BCUT2D eigenvalue weighted by Crippen LogP contribution is 2.40. The molecule has 0 fully saturated rings. The minimum absolute atomic E-state index is 0.0691. The van der Waals surface area contributed by atoms with Gasteiger partial charge in [0, 0.05) is 5.56 Å². The lowest BCUT2D eigenvalue weighted by Gasteiger charge is -2.15.